The van der Waals surface area contributed by atoms with Crippen LogP contribution >= 0.6 is 0 Å². The monoisotopic (exact) mass is 362 g/mol. The molecule has 0 amide bonds. The van der Waals surface area contributed by atoms with Gasteiger partial charge in [0.15, 0.2) is 0 Å². The van der Waals surface area contributed by atoms with Gasteiger partial charge in [-0.2, -0.15) is 0 Å². The fourth-order valence-electron chi connectivity index (χ4n) is 2.32. The van der Waals surface area contributed by atoms with Gasteiger partial charge in [-0.05, 0) is 32.1 Å². The summed E-state index contributed by atoms with van der Waals surface area (Å²) in [6, 6.07) is 1.23. The van der Waals surface area contributed by atoms with E-state index in [0.29, 0.717) is 19.8 Å². The van der Waals surface area contributed by atoms with Gasteiger partial charge in [0.25, 0.3) is 0 Å². The maximum atomic E-state index is 6.20. The summed E-state index contributed by atoms with van der Waals surface area (Å²) in [4.78, 5) is 0. The number of rotatable bonds is 18. The standard InChI is InChI=1S/C19H42O4Si/c1-5-9-13-20-18(8-4)19(21-14-10-6-2,22-15-11-7-3)23-16-12-17-24/h18H,5-17H2,1-4,24H3. The van der Waals surface area contributed by atoms with Crippen LogP contribution in [0.5, 0.6) is 0 Å². The molecule has 4 nitrogen and oxygen atoms in total. The van der Waals surface area contributed by atoms with Gasteiger partial charge >= 0.3 is 5.97 Å². The molecule has 0 aliphatic rings. The third-order valence-electron chi connectivity index (χ3n) is 3.99. The molecule has 0 aromatic heterocycles. The highest BCUT2D eigenvalue weighted by Crippen LogP contribution is 2.27. The Balaban J connectivity index is 5.04. The van der Waals surface area contributed by atoms with E-state index in [1.54, 1.807) is 0 Å². The third-order valence-corrected chi connectivity index (χ3v) is 4.69. The summed E-state index contributed by atoms with van der Waals surface area (Å²) in [5.74, 6) is -1.04. The van der Waals surface area contributed by atoms with Crippen molar-refractivity contribution in [2.75, 3.05) is 26.4 Å². The van der Waals surface area contributed by atoms with Crippen molar-refractivity contribution in [3.8, 4) is 0 Å². The fourth-order valence-corrected chi connectivity index (χ4v) is 2.61. The molecular weight excluding hydrogens is 320 g/mol. The highest BCUT2D eigenvalue weighted by Gasteiger charge is 2.43. The molecule has 0 N–H and O–H groups in total. The molecule has 0 aliphatic heterocycles. The zero-order valence-corrected chi connectivity index (χ0v) is 18.9. The van der Waals surface area contributed by atoms with Gasteiger partial charge in [0.1, 0.15) is 6.10 Å². The molecule has 0 radical (unpaired) electrons. The van der Waals surface area contributed by atoms with E-state index in [4.69, 9.17) is 18.9 Å². The summed E-state index contributed by atoms with van der Waals surface area (Å²) in [6.45, 7) is 11.3. The highest BCUT2D eigenvalue weighted by atomic mass is 28.1. The van der Waals surface area contributed by atoms with Crippen LogP contribution in [-0.4, -0.2) is 48.7 Å². The van der Waals surface area contributed by atoms with Gasteiger partial charge in [0, 0.05) is 16.8 Å². The average Bonchev–Trinajstić information content (AvgIpc) is 2.59. The molecule has 0 saturated carbocycles. The minimum Gasteiger partial charge on any atom is -0.370 e. The number of unbranched alkanes of at least 4 members (excludes halogenated alkanes) is 3. The lowest BCUT2D eigenvalue weighted by Crippen LogP contribution is -2.51. The summed E-state index contributed by atoms with van der Waals surface area (Å²) in [5, 5.41) is 0. The largest absolute Gasteiger partial charge is 0.370 e. The molecular formula is C19H42O4Si. The van der Waals surface area contributed by atoms with Gasteiger partial charge in [0.05, 0.1) is 19.8 Å². The van der Waals surface area contributed by atoms with E-state index in [1.165, 1.54) is 16.3 Å². The lowest BCUT2D eigenvalue weighted by Gasteiger charge is -2.39. The van der Waals surface area contributed by atoms with Gasteiger partial charge in [-0.25, -0.2) is 0 Å². The van der Waals surface area contributed by atoms with Crippen LogP contribution in [0.4, 0.5) is 0 Å². The van der Waals surface area contributed by atoms with Crippen LogP contribution in [0.1, 0.15) is 79.1 Å². The lowest BCUT2D eigenvalue weighted by molar-refractivity contribution is -0.418. The summed E-state index contributed by atoms with van der Waals surface area (Å²) in [7, 11) is 1.20. The Kier molecular flexibility index (Phi) is 16.6. The zero-order chi connectivity index (χ0) is 18.1. The minimum atomic E-state index is -1.04. The normalized spacial score (nSPS) is 13.5. The van der Waals surface area contributed by atoms with E-state index in [2.05, 4.69) is 27.7 Å². The van der Waals surface area contributed by atoms with Crippen molar-refractivity contribution in [2.45, 2.75) is 97.2 Å². The quantitative estimate of drug-likeness (QED) is 0.209. The van der Waals surface area contributed by atoms with Crippen LogP contribution in [0.3, 0.4) is 0 Å². The van der Waals surface area contributed by atoms with E-state index in [-0.39, 0.29) is 6.10 Å². The van der Waals surface area contributed by atoms with Crippen LogP contribution < -0.4 is 0 Å². The van der Waals surface area contributed by atoms with Crippen molar-refractivity contribution >= 4 is 10.2 Å². The van der Waals surface area contributed by atoms with Crippen molar-refractivity contribution < 1.29 is 18.9 Å². The molecule has 0 aromatic rings. The molecule has 0 bridgehead atoms. The molecule has 0 heterocycles. The maximum absolute atomic E-state index is 6.20. The molecule has 1 atom stereocenters. The van der Waals surface area contributed by atoms with Gasteiger partial charge in [0.2, 0.25) is 0 Å². The first-order valence-corrected chi connectivity index (χ1v) is 11.6. The average molecular weight is 363 g/mol. The van der Waals surface area contributed by atoms with Gasteiger partial charge in [-0.3, -0.25) is 0 Å². The first-order valence-electron chi connectivity index (χ1n) is 10.2. The second-order valence-electron chi connectivity index (χ2n) is 6.33. The highest BCUT2D eigenvalue weighted by molar-refractivity contribution is 6.08. The molecule has 1 unspecified atom stereocenters. The van der Waals surface area contributed by atoms with Gasteiger partial charge < -0.3 is 18.9 Å². The van der Waals surface area contributed by atoms with Crippen molar-refractivity contribution in [1.29, 1.82) is 0 Å². The Morgan fingerprint density at radius 1 is 0.708 bits per heavy atom. The molecule has 0 rings (SSSR count). The summed E-state index contributed by atoms with van der Waals surface area (Å²) in [6.07, 6.45) is 8.10. The van der Waals surface area contributed by atoms with Crippen LogP contribution in [-0.2, 0) is 18.9 Å². The Morgan fingerprint density at radius 2 is 1.17 bits per heavy atom. The molecule has 0 fully saturated rings. The molecule has 146 valence electrons. The summed E-state index contributed by atoms with van der Waals surface area (Å²) >= 11 is 0. The van der Waals surface area contributed by atoms with E-state index < -0.39 is 5.97 Å². The predicted molar refractivity (Wildman–Crippen MR) is 105 cm³/mol. The van der Waals surface area contributed by atoms with Crippen molar-refractivity contribution in [3.63, 3.8) is 0 Å². The smallest absolute Gasteiger partial charge is 0.310 e. The van der Waals surface area contributed by atoms with Gasteiger partial charge in [-0.1, -0.05) is 53.0 Å². The van der Waals surface area contributed by atoms with Gasteiger partial charge in [-0.15, -0.1) is 0 Å². The van der Waals surface area contributed by atoms with E-state index in [0.717, 1.165) is 58.0 Å². The molecule has 0 saturated heterocycles. The second-order valence-corrected chi connectivity index (χ2v) is 7.33. The summed E-state index contributed by atoms with van der Waals surface area (Å²) in [5.41, 5.74) is 0. The second kappa shape index (κ2) is 16.5. The van der Waals surface area contributed by atoms with Crippen molar-refractivity contribution in [3.05, 3.63) is 0 Å². The molecule has 0 spiro atoms. The third kappa shape index (κ3) is 10.1. The molecule has 0 aliphatic carbocycles. The SMILES string of the molecule is CCCCOC(CC)C(OCCCC)(OCCCC)OCCC[SiH3]. The number of hydrogen-bond donors (Lipinski definition) is 0. The van der Waals surface area contributed by atoms with Crippen LogP contribution in [0, 0.1) is 0 Å². The van der Waals surface area contributed by atoms with Crippen LogP contribution in [0.15, 0.2) is 0 Å². The zero-order valence-electron chi connectivity index (χ0n) is 16.9. The number of hydrogen-bond acceptors (Lipinski definition) is 4. The van der Waals surface area contributed by atoms with E-state index in [9.17, 15) is 0 Å². The van der Waals surface area contributed by atoms with Crippen molar-refractivity contribution in [1.82, 2.24) is 0 Å². The first-order chi connectivity index (χ1) is 11.7. The topological polar surface area (TPSA) is 36.9 Å². The first kappa shape index (κ1) is 24.1. The Hall–Kier alpha value is 0.0569. The Labute approximate surface area is 153 Å². The summed E-state index contributed by atoms with van der Waals surface area (Å²) < 4.78 is 24.7. The fraction of sp³-hybridized carbons (Fsp3) is 1.00. The Morgan fingerprint density at radius 3 is 1.58 bits per heavy atom. The maximum Gasteiger partial charge on any atom is 0.310 e. The minimum absolute atomic E-state index is 0.174. The van der Waals surface area contributed by atoms with E-state index in [1.807, 2.05) is 0 Å². The van der Waals surface area contributed by atoms with Crippen LogP contribution in [0.2, 0.25) is 6.04 Å². The Bertz CT molecular complexity index is 237. The molecule has 24 heavy (non-hydrogen) atoms. The predicted octanol–water partition coefficient (Wildman–Crippen LogP) is 4.06. The molecule has 0 aromatic carbocycles. The molecule has 5 heteroatoms. The van der Waals surface area contributed by atoms with Crippen molar-refractivity contribution in [2.24, 2.45) is 0 Å². The number of ether oxygens (including phenoxy) is 4. The van der Waals surface area contributed by atoms with E-state index >= 15 is 0 Å². The lowest BCUT2D eigenvalue weighted by atomic mass is 10.2. The van der Waals surface area contributed by atoms with Crippen LogP contribution in [0.25, 0.3) is 0 Å².